The third kappa shape index (κ3) is 7.44. The molecule has 0 aliphatic rings. The Morgan fingerprint density at radius 3 is 2.10 bits per heavy atom. The monoisotopic (exact) mass is 553 g/mol. The smallest absolute Gasteiger partial charge is 0.264 e. The number of carbonyl (C=O) groups is 2. The van der Waals surface area contributed by atoms with Crippen LogP contribution in [0.25, 0.3) is 0 Å². The fourth-order valence-electron chi connectivity index (χ4n) is 4.28. The van der Waals surface area contributed by atoms with E-state index >= 15 is 0 Å². The van der Waals surface area contributed by atoms with E-state index in [9.17, 15) is 22.4 Å². The van der Waals surface area contributed by atoms with Crippen molar-refractivity contribution in [2.75, 3.05) is 10.8 Å². The Morgan fingerprint density at radius 1 is 0.923 bits per heavy atom. The van der Waals surface area contributed by atoms with Gasteiger partial charge in [-0.2, -0.15) is 0 Å². The summed E-state index contributed by atoms with van der Waals surface area (Å²) >= 11 is 0. The van der Waals surface area contributed by atoms with Crippen molar-refractivity contribution in [1.29, 1.82) is 0 Å². The molecule has 3 aromatic rings. The predicted octanol–water partition coefficient (Wildman–Crippen LogP) is 4.97. The number of benzene rings is 3. The summed E-state index contributed by atoms with van der Waals surface area (Å²) in [5.41, 5.74) is 2.56. The number of anilines is 1. The van der Waals surface area contributed by atoms with Gasteiger partial charge in [-0.1, -0.05) is 55.0 Å². The minimum atomic E-state index is -4.14. The molecule has 0 radical (unpaired) electrons. The van der Waals surface area contributed by atoms with Crippen LogP contribution in [-0.2, 0) is 26.2 Å². The van der Waals surface area contributed by atoms with Crippen molar-refractivity contribution in [2.45, 2.75) is 64.6 Å². The number of nitrogens with one attached hydrogen (secondary N) is 1. The van der Waals surface area contributed by atoms with Gasteiger partial charge in [0.2, 0.25) is 11.8 Å². The first-order valence-corrected chi connectivity index (χ1v) is 14.4. The molecule has 2 amide bonds. The maximum absolute atomic E-state index is 14.0. The molecule has 0 unspecified atom stereocenters. The summed E-state index contributed by atoms with van der Waals surface area (Å²) in [6, 6.07) is 18.0. The molecule has 0 saturated carbocycles. The third-order valence-corrected chi connectivity index (χ3v) is 8.13. The zero-order valence-electron chi connectivity index (χ0n) is 23.0. The SMILES string of the molecule is CC[C@H](C(=O)NC(C)C)N(Cc1ccc(F)cc1)C(=O)CN(c1ccccc1C)S(=O)(=O)c1ccc(C)cc1. The Balaban J connectivity index is 2.07. The van der Waals surface area contributed by atoms with E-state index < -0.39 is 34.3 Å². The summed E-state index contributed by atoms with van der Waals surface area (Å²) in [6.45, 7) is 8.56. The van der Waals surface area contributed by atoms with Gasteiger partial charge in [0, 0.05) is 12.6 Å². The summed E-state index contributed by atoms with van der Waals surface area (Å²) < 4.78 is 42.5. The van der Waals surface area contributed by atoms with Gasteiger partial charge in [0.15, 0.2) is 0 Å². The van der Waals surface area contributed by atoms with E-state index in [1.165, 1.54) is 29.2 Å². The second kappa shape index (κ2) is 12.9. The average Bonchev–Trinajstić information content (AvgIpc) is 2.88. The number of amides is 2. The molecule has 0 aliphatic carbocycles. The largest absolute Gasteiger partial charge is 0.352 e. The molecule has 0 spiro atoms. The number of rotatable bonds is 11. The van der Waals surface area contributed by atoms with Crippen molar-refractivity contribution in [3.05, 3.63) is 95.3 Å². The van der Waals surface area contributed by atoms with Gasteiger partial charge in [0.1, 0.15) is 18.4 Å². The molecule has 0 aromatic heterocycles. The highest BCUT2D eigenvalue weighted by Crippen LogP contribution is 2.27. The number of para-hydroxylation sites is 1. The lowest BCUT2D eigenvalue weighted by Crippen LogP contribution is -2.53. The van der Waals surface area contributed by atoms with Crippen LogP contribution >= 0.6 is 0 Å². The lowest BCUT2D eigenvalue weighted by molar-refractivity contribution is -0.140. The van der Waals surface area contributed by atoms with Gasteiger partial charge in [0.25, 0.3) is 10.0 Å². The van der Waals surface area contributed by atoms with Crippen molar-refractivity contribution in [3.8, 4) is 0 Å². The van der Waals surface area contributed by atoms with Crippen molar-refractivity contribution < 1.29 is 22.4 Å². The molecule has 0 fully saturated rings. The van der Waals surface area contributed by atoms with Gasteiger partial charge in [-0.15, -0.1) is 0 Å². The second-order valence-electron chi connectivity index (χ2n) is 9.85. The molecular formula is C30H36FN3O4S. The fourth-order valence-corrected chi connectivity index (χ4v) is 5.76. The van der Waals surface area contributed by atoms with Crippen molar-refractivity contribution in [3.63, 3.8) is 0 Å². The van der Waals surface area contributed by atoms with Crippen LogP contribution in [0.2, 0.25) is 0 Å². The predicted molar refractivity (Wildman–Crippen MR) is 151 cm³/mol. The van der Waals surface area contributed by atoms with Crippen LogP contribution in [0.15, 0.2) is 77.7 Å². The molecule has 0 aliphatic heterocycles. The highest BCUT2D eigenvalue weighted by atomic mass is 32.2. The number of nitrogens with zero attached hydrogens (tertiary/aromatic N) is 2. The summed E-state index contributed by atoms with van der Waals surface area (Å²) in [5.74, 6) is -1.31. The molecule has 1 N–H and O–H groups in total. The molecule has 208 valence electrons. The standard InChI is InChI=1S/C30H36FN3O4S/c1-6-27(30(36)32-21(2)3)33(19-24-13-15-25(31)16-14-24)29(35)20-34(28-10-8-7-9-23(28)5)39(37,38)26-17-11-22(4)12-18-26/h7-18,21,27H,6,19-20H2,1-5H3,(H,32,36)/t27-/m1/s1. The fraction of sp³-hybridized carbons (Fsp3) is 0.333. The molecule has 0 heterocycles. The molecule has 39 heavy (non-hydrogen) atoms. The summed E-state index contributed by atoms with van der Waals surface area (Å²) in [7, 11) is -4.14. The maximum Gasteiger partial charge on any atom is 0.264 e. The molecule has 9 heteroatoms. The lowest BCUT2D eigenvalue weighted by atomic mass is 10.1. The number of halogens is 1. The Morgan fingerprint density at radius 2 is 1.54 bits per heavy atom. The van der Waals surface area contributed by atoms with Gasteiger partial charge in [-0.3, -0.25) is 13.9 Å². The molecule has 7 nitrogen and oxygen atoms in total. The molecule has 3 rings (SSSR count). The first-order chi connectivity index (χ1) is 18.4. The van der Waals surface area contributed by atoms with Gasteiger partial charge in [-0.05, 0) is 75.6 Å². The summed E-state index contributed by atoms with van der Waals surface area (Å²) in [5, 5.41) is 2.85. The number of carbonyl (C=O) groups excluding carboxylic acids is 2. The van der Waals surface area contributed by atoms with Crippen LogP contribution in [0, 0.1) is 19.7 Å². The van der Waals surface area contributed by atoms with Crippen molar-refractivity contribution in [1.82, 2.24) is 10.2 Å². The van der Waals surface area contributed by atoms with E-state index in [1.54, 1.807) is 62.4 Å². The Kier molecular flexibility index (Phi) is 9.86. The van der Waals surface area contributed by atoms with Crippen LogP contribution in [0.4, 0.5) is 10.1 Å². The molecule has 3 aromatic carbocycles. The molecule has 1 atom stereocenters. The third-order valence-electron chi connectivity index (χ3n) is 6.36. The Hall–Kier alpha value is -3.72. The number of hydrogen-bond donors (Lipinski definition) is 1. The Bertz CT molecular complexity index is 1390. The average molecular weight is 554 g/mol. The van der Waals surface area contributed by atoms with E-state index in [-0.39, 0.29) is 23.4 Å². The van der Waals surface area contributed by atoms with Crippen LogP contribution < -0.4 is 9.62 Å². The van der Waals surface area contributed by atoms with E-state index in [4.69, 9.17) is 0 Å². The zero-order valence-corrected chi connectivity index (χ0v) is 23.8. The Labute approximate surface area is 230 Å². The normalized spacial score (nSPS) is 12.2. The van der Waals surface area contributed by atoms with Crippen molar-refractivity contribution in [2.24, 2.45) is 0 Å². The number of hydrogen-bond acceptors (Lipinski definition) is 4. The minimum absolute atomic E-state index is 0.00925. The molecular weight excluding hydrogens is 517 g/mol. The van der Waals surface area contributed by atoms with Gasteiger partial charge in [-0.25, -0.2) is 12.8 Å². The summed E-state index contributed by atoms with van der Waals surface area (Å²) in [4.78, 5) is 28.6. The quantitative estimate of drug-likeness (QED) is 0.363. The van der Waals surface area contributed by atoms with Crippen molar-refractivity contribution >= 4 is 27.5 Å². The first kappa shape index (κ1) is 29.8. The van der Waals surface area contributed by atoms with Gasteiger partial charge < -0.3 is 10.2 Å². The van der Waals surface area contributed by atoms with E-state index in [0.29, 0.717) is 23.2 Å². The molecule has 0 saturated heterocycles. The zero-order chi connectivity index (χ0) is 28.7. The highest BCUT2D eigenvalue weighted by Gasteiger charge is 2.34. The van der Waals surface area contributed by atoms with Gasteiger partial charge >= 0.3 is 0 Å². The number of sulfonamides is 1. The minimum Gasteiger partial charge on any atom is -0.352 e. The van der Waals surface area contributed by atoms with Crippen LogP contribution in [0.5, 0.6) is 0 Å². The van der Waals surface area contributed by atoms with E-state index in [2.05, 4.69) is 5.32 Å². The van der Waals surface area contributed by atoms with Crippen LogP contribution in [0.3, 0.4) is 0 Å². The van der Waals surface area contributed by atoms with E-state index in [0.717, 1.165) is 9.87 Å². The first-order valence-electron chi connectivity index (χ1n) is 12.9. The number of aryl methyl sites for hydroxylation is 2. The maximum atomic E-state index is 14.0. The van der Waals surface area contributed by atoms with E-state index in [1.807, 2.05) is 20.8 Å². The van der Waals surface area contributed by atoms with Gasteiger partial charge in [0.05, 0.1) is 10.6 Å². The van der Waals surface area contributed by atoms with Crippen LogP contribution in [-0.4, -0.2) is 43.8 Å². The molecule has 0 bridgehead atoms. The summed E-state index contributed by atoms with van der Waals surface area (Å²) in [6.07, 6.45) is 0.306. The highest BCUT2D eigenvalue weighted by molar-refractivity contribution is 7.92. The lowest BCUT2D eigenvalue weighted by Gasteiger charge is -2.34. The topological polar surface area (TPSA) is 86.8 Å². The van der Waals surface area contributed by atoms with Crippen LogP contribution in [0.1, 0.15) is 43.9 Å². The second-order valence-corrected chi connectivity index (χ2v) is 11.7.